The lowest BCUT2D eigenvalue weighted by atomic mass is 10.0. The molecule has 0 unspecified atom stereocenters. The highest BCUT2D eigenvalue weighted by molar-refractivity contribution is 5.97. The summed E-state index contributed by atoms with van der Waals surface area (Å²) in [5, 5.41) is 10.6. The number of nitrogens with one attached hydrogen (secondary N) is 1. The van der Waals surface area contributed by atoms with E-state index in [1.54, 1.807) is 0 Å². The molecular formula is C19H16FN5O2. The van der Waals surface area contributed by atoms with Crippen molar-refractivity contribution >= 4 is 11.8 Å². The van der Waals surface area contributed by atoms with E-state index < -0.39 is 11.9 Å². The lowest BCUT2D eigenvalue weighted by Gasteiger charge is -2.35. The number of aromatic nitrogens is 3. The highest BCUT2D eigenvalue weighted by Crippen LogP contribution is 2.26. The van der Waals surface area contributed by atoms with Crippen LogP contribution in [0.2, 0.25) is 0 Å². The maximum absolute atomic E-state index is 13.3. The first-order valence-corrected chi connectivity index (χ1v) is 8.45. The van der Waals surface area contributed by atoms with Crippen LogP contribution in [0.1, 0.15) is 22.1 Å². The van der Waals surface area contributed by atoms with Gasteiger partial charge in [-0.15, -0.1) is 5.10 Å². The Bertz CT molecular complexity index is 971. The number of hydrogen-bond acceptors (Lipinski definition) is 4. The minimum atomic E-state index is -0.842. The van der Waals surface area contributed by atoms with E-state index in [4.69, 9.17) is 0 Å². The molecular weight excluding hydrogens is 349 g/mol. The Morgan fingerprint density at radius 3 is 2.59 bits per heavy atom. The van der Waals surface area contributed by atoms with E-state index in [0.29, 0.717) is 24.3 Å². The van der Waals surface area contributed by atoms with Gasteiger partial charge in [0.05, 0.1) is 11.9 Å². The SMILES string of the molecule is O=C1NCCN(C(=O)c2cnnn2-c2ccccc2)[C@@H]1c1ccc(F)cc1. The van der Waals surface area contributed by atoms with Gasteiger partial charge in [0.1, 0.15) is 11.9 Å². The van der Waals surface area contributed by atoms with Crippen LogP contribution >= 0.6 is 0 Å². The number of carbonyl (C=O) groups is 2. The van der Waals surface area contributed by atoms with Crippen LogP contribution in [-0.2, 0) is 4.79 Å². The molecule has 1 aliphatic rings. The number of hydrogen-bond donors (Lipinski definition) is 1. The molecule has 2 aromatic carbocycles. The van der Waals surface area contributed by atoms with E-state index in [0.717, 1.165) is 0 Å². The average molecular weight is 365 g/mol. The first-order valence-electron chi connectivity index (χ1n) is 8.45. The van der Waals surface area contributed by atoms with Crippen molar-refractivity contribution < 1.29 is 14.0 Å². The number of nitrogens with zero attached hydrogens (tertiary/aromatic N) is 4. The summed E-state index contributed by atoms with van der Waals surface area (Å²) in [6.45, 7) is 0.668. The number of piperazine rings is 1. The largest absolute Gasteiger partial charge is 0.352 e. The summed E-state index contributed by atoms with van der Waals surface area (Å²) in [6.07, 6.45) is 1.38. The van der Waals surface area contributed by atoms with Gasteiger partial charge >= 0.3 is 0 Å². The fourth-order valence-electron chi connectivity index (χ4n) is 3.15. The Morgan fingerprint density at radius 1 is 1.11 bits per heavy atom. The molecule has 4 rings (SSSR count). The molecule has 27 heavy (non-hydrogen) atoms. The Kier molecular flexibility index (Phi) is 4.37. The Labute approximate surface area is 154 Å². The first kappa shape index (κ1) is 16.9. The second-order valence-electron chi connectivity index (χ2n) is 6.11. The number of rotatable bonds is 3. The van der Waals surface area contributed by atoms with Crippen molar-refractivity contribution in [1.29, 1.82) is 0 Å². The van der Waals surface area contributed by atoms with Crippen molar-refractivity contribution in [3.05, 3.63) is 77.9 Å². The molecule has 0 radical (unpaired) electrons. The zero-order valence-electron chi connectivity index (χ0n) is 14.2. The Morgan fingerprint density at radius 2 is 1.85 bits per heavy atom. The fraction of sp³-hybridized carbons (Fsp3) is 0.158. The summed E-state index contributed by atoms with van der Waals surface area (Å²) in [5.74, 6) is -1.08. The van der Waals surface area contributed by atoms with Crippen LogP contribution in [-0.4, -0.2) is 44.8 Å². The van der Waals surface area contributed by atoms with Crippen molar-refractivity contribution in [2.75, 3.05) is 13.1 Å². The molecule has 1 atom stereocenters. The summed E-state index contributed by atoms with van der Waals surface area (Å²) in [4.78, 5) is 27.2. The standard InChI is InChI=1S/C19H16FN5O2/c20-14-8-6-13(7-9-14)17-18(26)21-10-11-24(17)19(27)16-12-22-23-25(16)15-4-2-1-3-5-15/h1-9,12,17H,10-11H2,(H,21,26)/t17-/m1/s1. The molecule has 1 aliphatic heterocycles. The molecule has 8 heteroatoms. The third-order valence-electron chi connectivity index (χ3n) is 4.43. The summed E-state index contributed by atoms with van der Waals surface area (Å²) >= 11 is 0. The number of carbonyl (C=O) groups excluding carboxylic acids is 2. The van der Waals surface area contributed by atoms with E-state index in [1.807, 2.05) is 30.3 Å². The van der Waals surface area contributed by atoms with Crippen molar-refractivity contribution in [3.8, 4) is 5.69 Å². The summed E-state index contributed by atoms with van der Waals surface area (Å²) in [7, 11) is 0. The zero-order chi connectivity index (χ0) is 18.8. The van der Waals surface area contributed by atoms with E-state index in [2.05, 4.69) is 15.6 Å². The molecule has 0 saturated carbocycles. The smallest absolute Gasteiger partial charge is 0.275 e. The number of benzene rings is 2. The normalized spacial score (nSPS) is 16.9. The minimum Gasteiger partial charge on any atom is -0.352 e. The summed E-state index contributed by atoms with van der Waals surface area (Å²) in [6, 6.07) is 13.9. The second-order valence-corrected chi connectivity index (χ2v) is 6.11. The van der Waals surface area contributed by atoms with Crippen molar-refractivity contribution in [2.24, 2.45) is 0 Å². The molecule has 1 N–H and O–H groups in total. The van der Waals surface area contributed by atoms with Gasteiger partial charge in [0, 0.05) is 13.1 Å². The van der Waals surface area contributed by atoms with E-state index in [1.165, 1.54) is 40.0 Å². The third kappa shape index (κ3) is 3.17. The van der Waals surface area contributed by atoms with Crippen molar-refractivity contribution in [3.63, 3.8) is 0 Å². The van der Waals surface area contributed by atoms with Crippen LogP contribution in [0.25, 0.3) is 5.69 Å². The van der Waals surface area contributed by atoms with Gasteiger partial charge in [0.25, 0.3) is 5.91 Å². The van der Waals surface area contributed by atoms with Gasteiger partial charge in [-0.25, -0.2) is 9.07 Å². The van der Waals surface area contributed by atoms with Gasteiger partial charge in [0.2, 0.25) is 5.91 Å². The average Bonchev–Trinajstić information content (AvgIpc) is 3.19. The molecule has 1 fully saturated rings. The van der Waals surface area contributed by atoms with Gasteiger partial charge < -0.3 is 10.2 Å². The molecule has 7 nitrogen and oxygen atoms in total. The summed E-state index contributed by atoms with van der Waals surface area (Å²) < 4.78 is 14.7. The molecule has 2 heterocycles. The highest BCUT2D eigenvalue weighted by Gasteiger charge is 2.36. The molecule has 1 saturated heterocycles. The van der Waals surface area contributed by atoms with Crippen LogP contribution < -0.4 is 5.32 Å². The molecule has 0 spiro atoms. The van der Waals surface area contributed by atoms with Crippen LogP contribution in [0.15, 0.2) is 60.8 Å². The molecule has 2 amide bonds. The number of para-hydroxylation sites is 1. The Balaban J connectivity index is 1.71. The highest BCUT2D eigenvalue weighted by atomic mass is 19.1. The number of amides is 2. The molecule has 0 aliphatic carbocycles. The van der Waals surface area contributed by atoms with Gasteiger partial charge in [-0.05, 0) is 29.8 Å². The van der Waals surface area contributed by atoms with Crippen molar-refractivity contribution in [2.45, 2.75) is 6.04 Å². The molecule has 0 bridgehead atoms. The maximum Gasteiger partial charge on any atom is 0.275 e. The zero-order valence-corrected chi connectivity index (χ0v) is 14.2. The topological polar surface area (TPSA) is 80.1 Å². The van der Waals surface area contributed by atoms with Gasteiger partial charge in [0.15, 0.2) is 5.69 Å². The van der Waals surface area contributed by atoms with Crippen LogP contribution in [0.5, 0.6) is 0 Å². The predicted octanol–water partition coefficient (Wildman–Crippen LogP) is 1.72. The van der Waals surface area contributed by atoms with Gasteiger partial charge in [-0.2, -0.15) is 0 Å². The lowest BCUT2D eigenvalue weighted by Crippen LogP contribution is -2.52. The monoisotopic (exact) mass is 365 g/mol. The Hall–Kier alpha value is -3.55. The quantitative estimate of drug-likeness (QED) is 0.766. The molecule has 1 aromatic heterocycles. The first-order chi connectivity index (χ1) is 13.1. The van der Waals surface area contributed by atoms with Crippen LogP contribution in [0.4, 0.5) is 4.39 Å². The van der Waals surface area contributed by atoms with Crippen LogP contribution in [0.3, 0.4) is 0 Å². The molecule has 3 aromatic rings. The van der Waals surface area contributed by atoms with Gasteiger partial charge in [-0.1, -0.05) is 35.5 Å². The molecule has 136 valence electrons. The van der Waals surface area contributed by atoms with Gasteiger partial charge in [-0.3, -0.25) is 9.59 Å². The van der Waals surface area contributed by atoms with E-state index in [9.17, 15) is 14.0 Å². The second kappa shape index (κ2) is 6.99. The van der Waals surface area contributed by atoms with Crippen LogP contribution in [0, 0.1) is 5.82 Å². The summed E-state index contributed by atoms with van der Waals surface area (Å²) in [5.41, 5.74) is 1.49. The lowest BCUT2D eigenvalue weighted by molar-refractivity contribution is -0.128. The minimum absolute atomic E-state index is 0.253. The third-order valence-corrected chi connectivity index (χ3v) is 4.43. The predicted molar refractivity (Wildman–Crippen MR) is 94.5 cm³/mol. The van der Waals surface area contributed by atoms with E-state index in [-0.39, 0.29) is 17.5 Å². The maximum atomic E-state index is 13.3. The fourth-order valence-corrected chi connectivity index (χ4v) is 3.15. The van der Waals surface area contributed by atoms with E-state index >= 15 is 0 Å². The number of halogens is 1. The van der Waals surface area contributed by atoms with Crippen molar-refractivity contribution in [1.82, 2.24) is 25.2 Å².